The molecule has 5 nitrogen and oxygen atoms in total. The van der Waals surface area contributed by atoms with Gasteiger partial charge in [0.25, 0.3) is 0 Å². The van der Waals surface area contributed by atoms with Gasteiger partial charge in [-0.3, -0.25) is 4.79 Å². The van der Waals surface area contributed by atoms with Crippen molar-refractivity contribution in [1.82, 2.24) is 15.3 Å². The molecule has 4 N–H and O–H groups in total. The number of carbonyl (C=O) groups is 1. The Morgan fingerprint density at radius 2 is 2.50 bits per heavy atom. The smallest absolute Gasteiger partial charge is 0.226 e. The number of nitrogens with one attached hydrogen (secondary N) is 2. The molecule has 0 aromatic carbocycles. The van der Waals surface area contributed by atoms with Crippen molar-refractivity contribution in [3.8, 4) is 0 Å². The molecular formula is C8H12N4OS. The van der Waals surface area contributed by atoms with Crippen LogP contribution in [-0.2, 0) is 11.2 Å². The van der Waals surface area contributed by atoms with E-state index < -0.39 is 0 Å². The van der Waals surface area contributed by atoms with Crippen molar-refractivity contribution >= 4 is 23.1 Å². The fourth-order valence-corrected chi connectivity index (χ4v) is 1.11. The van der Waals surface area contributed by atoms with Crippen molar-refractivity contribution in [2.24, 2.45) is 5.73 Å². The van der Waals surface area contributed by atoms with E-state index in [9.17, 15) is 4.79 Å². The topological polar surface area (TPSA) is 83.8 Å². The van der Waals surface area contributed by atoms with Gasteiger partial charge in [0.05, 0.1) is 17.7 Å². The first kappa shape index (κ1) is 10.6. The van der Waals surface area contributed by atoms with Crippen LogP contribution in [0.25, 0.3) is 0 Å². The Morgan fingerprint density at radius 3 is 3.07 bits per heavy atom. The van der Waals surface area contributed by atoms with Crippen LogP contribution in [0.1, 0.15) is 12.1 Å². The number of imidazole rings is 1. The third kappa shape index (κ3) is 3.99. The second-order valence-corrected chi connectivity index (χ2v) is 3.34. The van der Waals surface area contributed by atoms with Gasteiger partial charge in [-0.05, 0) is 0 Å². The van der Waals surface area contributed by atoms with Crippen LogP contribution in [0.2, 0.25) is 0 Å². The summed E-state index contributed by atoms with van der Waals surface area (Å²) in [6, 6.07) is 0. The lowest BCUT2D eigenvalue weighted by Crippen LogP contribution is -2.29. The van der Waals surface area contributed by atoms with E-state index in [0.717, 1.165) is 12.1 Å². The fraction of sp³-hybridized carbons (Fsp3) is 0.375. The molecule has 0 atom stereocenters. The molecule has 0 aliphatic heterocycles. The van der Waals surface area contributed by atoms with Crippen molar-refractivity contribution in [3.63, 3.8) is 0 Å². The van der Waals surface area contributed by atoms with Crippen molar-refractivity contribution in [2.75, 3.05) is 6.54 Å². The minimum atomic E-state index is -0.142. The van der Waals surface area contributed by atoms with Crippen molar-refractivity contribution in [3.05, 3.63) is 18.2 Å². The largest absolute Gasteiger partial charge is 0.393 e. The maximum absolute atomic E-state index is 11.1. The molecule has 0 aliphatic carbocycles. The van der Waals surface area contributed by atoms with Gasteiger partial charge in [0.1, 0.15) is 0 Å². The van der Waals surface area contributed by atoms with E-state index in [2.05, 4.69) is 27.5 Å². The SMILES string of the molecule is NC(=S)CC(=O)NCCc1cnc[nH]1. The second-order valence-electron chi connectivity index (χ2n) is 2.82. The Kier molecular flexibility index (Phi) is 4.06. The second kappa shape index (κ2) is 5.33. The van der Waals surface area contributed by atoms with E-state index in [4.69, 9.17) is 5.73 Å². The highest BCUT2D eigenvalue weighted by Gasteiger charge is 2.02. The van der Waals surface area contributed by atoms with E-state index in [-0.39, 0.29) is 17.3 Å². The summed E-state index contributed by atoms with van der Waals surface area (Å²) in [5.74, 6) is -0.142. The van der Waals surface area contributed by atoms with E-state index in [1.54, 1.807) is 12.5 Å². The standard InChI is InChI=1S/C8H12N4OS/c9-7(14)3-8(13)11-2-1-6-4-10-5-12-6/h4-5H,1-3H2,(H2,9,14)(H,10,12)(H,11,13). The number of amides is 1. The molecule has 0 unspecified atom stereocenters. The predicted molar refractivity (Wildman–Crippen MR) is 56.7 cm³/mol. The lowest BCUT2D eigenvalue weighted by atomic mass is 10.3. The molecule has 0 saturated heterocycles. The minimum absolute atomic E-state index is 0.109. The van der Waals surface area contributed by atoms with Crippen molar-refractivity contribution < 1.29 is 4.79 Å². The number of aromatic nitrogens is 2. The van der Waals surface area contributed by atoms with Crippen LogP contribution in [-0.4, -0.2) is 27.4 Å². The summed E-state index contributed by atoms with van der Waals surface area (Å²) in [5, 5.41) is 2.70. The van der Waals surface area contributed by atoms with E-state index in [1.807, 2.05) is 0 Å². The van der Waals surface area contributed by atoms with E-state index in [1.165, 1.54) is 0 Å². The number of nitrogens with zero attached hydrogens (tertiary/aromatic N) is 1. The first-order valence-corrected chi connectivity index (χ1v) is 4.61. The lowest BCUT2D eigenvalue weighted by molar-refractivity contribution is -0.119. The van der Waals surface area contributed by atoms with Gasteiger partial charge in [0.15, 0.2) is 0 Å². The Hall–Kier alpha value is -1.43. The Balaban J connectivity index is 2.15. The van der Waals surface area contributed by atoms with E-state index in [0.29, 0.717) is 6.54 Å². The highest BCUT2D eigenvalue weighted by molar-refractivity contribution is 7.80. The predicted octanol–water partition coefficient (Wildman–Crippen LogP) is -0.255. The maximum Gasteiger partial charge on any atom is 0.226 e. The van der Waals surface area contributed by atoms with Gasteiger partial charge in [0, 0.05) is 24.9 Å². The summed E-state index contributed by atoms with van der Waals surface area (Å²) in [6.45, 7) is 0.559. The van der Waals surface area contributed by atoms with E-state index >= 15 is 0 Å². The Bertz CT molecular complexity index is 309. The highest BCUT2D eigenvalue weighted by Crippen LogP contribution is 1.90. The molecule has 1 amide bonds. The number of nitrogens with two attached hydrogens (primary N) is 1. The van der Waals surface area contributed by atoms with Crippen molar-refractivity contribution in [2.45, 2.75) is 12.8 Å². The molecule has 76 valence electrons. The number of hydrogen-bond donors (Lipinski definition) is 3. The fourth-order valence-electron chi connectivity index (χ4n) is 0.979. The summed E-state index contributed by atoms with van der Waals surface area (Å²) in [7, 11) is 0. The zero-order valence-corrected chi connectivity index (χ0v) is 8.43. The highest BCUT2D eigenvalue weighted by atomic mass is 32.1. The molecule has 6 heteroatoms. The molecule has 0 spiro atoms. The number of carbonyl (C=O) groups excluding carboxylic acids is 1. The van der Waals surface area contributed by atoms with Crippen LogP contribution in [0, 0.1) is 0 Å². The van der Waals surface area contributed by atoms with Gasteiger partial charge < -0.3 is 16.0 Å². The summed E-state index contributed by atoms with van der Waals surface area (Å²) in [6.07, 6.45) is 4.16. The van der Waals surface area contributed by atoms with Gasteiger partial charge >= 0.3 is 0 Å². The third-order valence-corrected chi connectivity index (χ3v) is 1.75. The summed E-state index contributed by atoms with van der Waals surface area (Å²) in [5.41, 5.74) is 6.20. The molecule has 1 heterocycles. The number of rotatable bonds is 5. The number of H-pyrrole nitrogens is 1. The van der Waals surface area contributed by atoms with Gasteiger partial charge in [0.2, 0.25) is 5.91 Å². The van der Waals surface area contributed by atoms with Crippen LogP contribution >= 0.6 is 12.2 Å². The van der Waals surface area contributed by atoms with Gasteiger partial charge in [-0.25, -0.2) is 4.98 Å². The molecule has 1 aromatic heterocycles. The first-order valence-electron chi connectivity index (χ1n) is 4.20. The van der Waals surface area contributed by atoms with Crippen molar-refractivity contribution in [1.29, 1.82) is 0 Å². The molecule has 0 fully saturated rings. The third-order valence-electron chi connectivity index (χ3n) is 1.61. The van der Waals surface area contributed by atoms with Crippen LogP contribution in [0.15, 0.2) is 12.5 Å². The molecule has 14 heavy (non-hydrogen) atoms. The molecule has 0 radical (unpaired) electrons. The van der Waals surface area contributed by atoms with Crippen LogP contribution in [0.4, 0.5) is 0 Å². The summed E-state index contributed by atoms with van der Waals surface area (Å²) < 4.78 is 0. The number of hydrogen-bond acceptors (Lipinski definition) is 3. The zero-order chi connectivity index (χ0) is 10.4. The maximum atomic E-state index is 11.1. The normalized spacial score (nSPS) is 9.71. The molecule has 1 rings (SSSR count). The zero-order valence-electron chi connectivity index (χ0n) is 7.62. The Labute approximate surface area is 87.1 Å². The minimum Gasteiger partial charge on any atom is -0.393 e. The lowest BCUT2D eigenvalue weighted by Gasteiger charge is -2.02. The Morgan fingerprint density at radius 1 is 1.71 bits per heavy atom. The van der Waals surface area contributed by atoms with Gasteiger partial charge in [-0.1, -0.05) is 12.2 Å². The monoisotopic (exact) mass is 212 g/mol. The number of thiocarbonyl (C=S) groups is 1. The molecular weight excluding hydrogens is 200 g/mol. The quantitative estimate of drug-likeness (QED) is 0.587. The van der Waals surface area contributed by atoms with Crippen LogP contribution in [0.5, 0.6) is 0 Å². The molecule has 0 saturated carbocycles. The summed E-state index contributed by atoms with van der Waals surface area (Å²) in [4.78, 5) is 18.1. The first-order chi connectivity index (χ1) is 6.68. The molecule has 1 aromatic rings. The summed E-state index contributed by atoms with van der Waals surface area (Å²) >= 11 is 4.60. The van der Waals surface area contributed by atoms with Gasteiger partial charge in [-0.15, -0.1) is 0 Å². The molecule has 0 aliphatic rings. The molecule has 0 bridgehead atoms. The average Bonchev–Trinajstić information content (AvgIpc) is 2.55. The van der Waals surface area contributed by atoms with Gasteiger partial charge in [-0.2, -0.15) is 0 Å². The average molecular weight is 212 g/mol. The number of aromatic amines is 1. The van der Waals surface area contributed by atoms with Crippen LogP contribution < -0.4 is 11.1 Å². The van der Waals surface area contributed by atoms with Crippen LogP contribution in [0.3, 0.4) is 0 Å².